The molecule has 1 atom stereocenters. The first kappa shape index (κ1) is 14.3. The Bertz CT molecular complexity index is 572. The number of hydrogen-bond acceptors (Lipinski definition) is 2. The molecule has 106 valence electrons. The van der Waals surface area contributed by atoms with E-state index in [1.807, 2.05) is 42.1 Å². The van der Waals surface area contributed by atoms with Crippen molar-refractivity contribution < 1.29 is 15.0 Å². The summed E-state index contributed by atoms with van der Waals surface area (Å²) in [4.78, 5) is 10.8. The number of carboxylic acid groups (broad SMARTS) is 1. The molecule has 0 saturated heterocycles. The van der Waals surface area contributed by atoms with E-state index < -0.39 is 12.1 Å². The number of benzene rings is 1. The van der Waals surface area contributed by atoms with E-state index in [2.05, 4.69) is 0 Å². The first-order valence-electron chi connectivity index (χ1n) is 6.76. The van der Waals surface area contributed by atoms with Gasteiger partial charge in [0.05, 0.1) is 11.7 Å². The smallest absolute Gasteiger partial charge is 0.335 e. The lowest BCUT2D eigenvalue weighted by molar-refractivity contribution is 0.0697. The fourth-order valence-corrected chi connectivity index (χ4v) is 2.16. The molecular formula is C16H19NO3. The maximum atomic E-state index is 10.8. The summed E-state index contributed by atoms with van der Waals surface area (Å²) in [5.41, 5.74) is 2.25. The number of aromatic nitrogens is 1. The van der Waals surface area contributed by atoms with Crippen molar-refractivity contribution in [1.29, 1.82) is 0 Å². The second-order valence-corrected chi connectivity index (χ2v) is 4.92. The molecule has 0 aliphatic rings. The van der Waals surface area contributed by atoms with Crippen molar-refractivity contribution in [3.05, 3.63) is 59.4 Å². The van der Waals surface area contributed by atoms with Gasteiger partial charge in [-0.25, -0.2) is 4.79 Å². The molecule has 0 radical (unpaired) electrons. The Morgan fingerprint density at radius 1 is 1.25 bits per heavy atom. The van der Waals surface area contributed by atoms with Crippen LogP contribution in [-0.2, 0) is 6.54 Å². The van der Waals surface area contributed by atoms with Crippen molar-refractivity contribution in [1.82, 2.24) is 4.57 Å². The minimum atomic E-state index is -0.914. The van der Waals surface area contributed by atoms with Crippen molar-refractivity contribution in [3.8, 4) is 0 Å². The zero-order valence-corrected chi connectivity index (χ0v) is 11.5. The van der Waals surface area contributed by atoms with Gasteiger partial charge in [-0.15, -0.1) is 0 Å². The molecule has 4 nitrogen and oxygen atoms in total. The number of carbonyl (C=O) groups is 1. The molecule has 1 aromatic heterocycles. The molecule has 0 aliphatic carbocycles. The van der Waals surface area contributed by atoms with Crippen molar-refractivity contribution >= 4 is 5.97 Å². The van der Waals surface area contributed by atoms with Crippen LogP contribution in [0.15, 0.2) is 42.7 Å². The van der Waals surface area contributed by atoms with Gasteiger partial charge in [-0.1, -0.05) is 25.5 Å². The summed E-state index contributed by atoms with van der Waals surface area (Å²) >= 11 is 0. The SMILES string of the molecule is CCCC(O)c1ccn(Cc2ccc(C(=O)O)cc2)c1. The van der Waals surface area contributed by atoms with Crippen LogP contribution in [-0.4, -0.2) is 20.7 Å². The number of hydrogen-bond donors (Lipinski definition) is 2. The summed E-state index contributed by atoms with van der Waals surface area (Å²) in [7, 11) is 0. The van der Waals surface area contributed by atoms with Gasteiger partial charge in [-0.3, -0.25) is 0 Å². The Hall–Kier alpha value is -2.07. The highest BCUT2D eigenvalue weighted by Gasteiger charge is 2.08. The molecule has 2 aromatic rings. The maximum absolute atomic E-state index is 10.8. The number of carboxylic acids is 1. The van der Waals surface area contributed by atoms with Crippen LogP contribution in [0.2, 0.25) is 0 Å². The molecule has 1 aromatic carbocycles. The van der Waals surface area contributed by atoms with E-state index in [0.29, 0.717) is 12.1 Å². The summed E-state index contributed by atoms with van der Waals surface area (Å²) in [6.07, 6.45) is 5.17. The first-order chi connectivity index (χ1) is 9.60. The van der Waals surface area contributed by atoms with Gasteiger partial charge in [0.2, 0.25) is 0 Å². The molecule has 1 unspecified atom stereocenters. The second-order valence-electron chi connectivity index (χ2n) is 4.92. The topological polar surface area (TPSA) is 62.5 Å². The van der Waals surface area contributed by atoms with Gasteiger partial charge >= 0.3 is 5.97 Å². The van der Waals surface area contributed by atoms with Crippen LogP contribution >= 0.6 is 0 Å². The Kier molecular flexibility index (Phi) is 4.58. The van der Waals surface area contributed by atoms with Crippen LogP contribution in [0.1, 0.15) is 47.4 Å². The number of aromatic carboxylic acids is 1. The van der Waals surface area contributed by atoms with Crippen molar-refractivity contribution in [2.45, 2.75) is 32.4 Å². The lowest BCUT2D eigenvalue weighted by Crippen LogP contribution is -2.00. The van der Waals surface area contributed by atoms with Crippen LogP contribution in [0.5, 0.6) is 0 Å². The zero-order valence-electron chi connectivity index (χ0n) is 11.5. The third kappa shape index (κ3) is 3.48. The Morgan fingerprint density at radius 3 is 2.55 bits per heavy atom. The Labute approximate surface area is 118 Å². The van der Waals surface area contributed by atoms with E-state index in [1.165, 1.54) is 0 Å². The number of aliphatic hydroxyl groups excluding tert-OH is 1. The quantitative estimate of drug-likeness (QED) is 0.850. The molecular weight excluding hydrogens is 254 g/mol. The largest absolute Gasteiger partial charge is 0.478 e. The average molecular weight is 273 g/mol. The second kappa shape index (κ2) is 6.39. The zero-order chi connectivity index (χ0) is 14.5. The van der Waals surface area contributed by atoms with Crippen molar-refractivity contribution in [3.63, 3.8) is 0 Å². The minimum absolute atomic E-state index is 0.292. The lowest BCUT2D eigenvalue weighted by atomic mass is 10.1. The fraction of sp³-hybridized carbons (Fsp3) is 0.312. The van der Waals surface area contributed by atoms with Crippen molar-refractivity contribution in [2.24, 2.45) is 0 Å². The Balaban J connectivity index is 2.04. The van der Waals surface area contributed by atoms with Crippen LogP contribution < -0.4 is 0 Å². The molecule has 0 saturated carbocycles. The van der Waals surface area contributed by atoms with Crippen LogP contribution in [0.25, 0.3) is 0 Å². The van der Waals surface area contributed by atoms with Gasteiger partial charge < -0.3 is 14.8 Å². The summed E-state index contributed by atoms with van der Waals surface area (Å²) in [5, 5.41) is 18.8. The predicted molar refractivity (Wildman–Crippen MR) is 76.8 cm³/mol. The highest BCUT2D eigenvalue weighted by molar-refractivity contribution is 5.87. The maximum Gasteiger partial charge on any atom is 0.335 e. The average Bonchev–Trinajstić information content (AvgIpc) is 2.88. The molecule has 1 heterocycles. The molecule has 0 spiro atoms. The van der Waals surface area contributed by atoms with E-state index in [-0.39, 0.29) is 0 Å². The van der Waals surface area contributed by atoms with E-state index in [9.17, 15) is 9.90 Å². The molecule has 0 fully saturated rings. The number of nitrogens with zero attached hydrogens (tertiary/aromatic N) is 1. The van der Waals surface area contributed by atoms with Gasteiger partial charge in [-0.2, -0.15) is 0 Å². The monoisotopic (exact) mass is 273 g/mol. The summed E-state index contributed by atoms with van der Waals surface area (Å²) in [5.74, 6) is -0.914. The third-order valence-electron chi connectivity index (χ3n) is 3.29. The molecule has 2 rings (SSSR count). The highest BCUT2D eigenvalue weighted by Crippen LogP contribution is 2.19. The van der Waals surface area contributed by atoms with Gasteiger partial charge in [0, 0.05) is 18.9 Å². The fourth-order valence-electron chi connectivity index (χ4n) is 2.16. The molecule has 0 aliphatic heterocycles. The molecule has 4 heteroatoms. The predicted octanol–water partition coefficient (Wildman–Crippen LogP) is 3.07. The minimum Gasteiger partial charge on any atom is -0.478 e. The van der Waals surface area contributed by atoms with Crippen LogP contribution in [0, 0.1) is 0 Å². The summed E-state index contributed by atoms with van der Waals surface area (Å²) in [6, 6.07) is 8.76. The first-order valence-corrected chi connectivity index (χ1v) is 6.76. The van der Waals surface area contributed by atoms with E-state index in [0.717, 1.165) is 24.0 Å². The molecule has 20 heavy (non-hydrogen) atoms. The third-order valence-corrected chi connectivity index (χ3v) is 3.29. The van der Waals surface area contributed by atoms with Crippen molar-refractivity contribution in [2.75, 3.05) is 0 Å². The summed E-state index contributed by atoms with van der Waals surface area (Å²) in [6.45, 7) is 2.71. The van der Waals surface area contributed by atoms with Crippen LogP contribution in [0.3, 0.4) is 0 Å². The molecule has 0 amide bonds. The summed E-state index contributed by atoms with van der Waals surface area (Å²) < 4.78 is 1.99. The number of rotatable bonds is 6. The van der Waals surface area contributed by atoms with Gasteiger partial charge in [-0.05, 0) is 35.7 Å². The normalized spacial score (nSPS) is 12.3. The van der Waals surface area contributed by atoms with E-state index in [4.69, 9.17) is 5.11 Å². The number of aliphatic hydroxyl groups is 1. The van der Waals surface area contributed by atoms with Gasteiger partial charge in [0.1, 0.15) is 0 Å². The van der Waals surface area contributed by atoms with Gasteiger partial charge in [0.15, 0.2) is 0 Å². The lowest BCUT2D eigenvalue weighted by Gasteiger charge is -2.07. The highest BCUT2D eigenvalue weighted by atomic mass is 16.4. The van der Waals surface area contributed by atoms with E-state index >= 15 is 0 Å². The van der Waals surface area contributed by atoms with Gasteiger partial charge in [0.25, 0.3) is 0 Å². The molecule has 2 N–H and O–H groups in total. The standard InChI is InChI=1S/C16H19NO3/c1-2-3-15(18)14-8-9-17(11-14)10-12-4-6-13(7-5-12)16(19)20/h4-9,11,15,18H,2-3,10H2,1H3,(H,19,20). The van der Waals surface area contributed by atoms with E-state index in [1.54, 1.807) is 12.1 Å². The molecule has 0 bridgehead atoms. The van der Waals surface area contributed by atoms with Crippen LogP contribution in [0.4, 0.5) is 0 Å². The Morgan fingerprint density at radius 2 is 1.95 bits per heavy atom.